The van der Waals surface area contributed by atoms with Crippen molar-refractivity contribution < 1.29 is 4.79 Å². The Balaban J connectivity index is 0.00000338. The molecule has 0 spiro atoms. The molecule has 1 saturated heterocycles. The van der Waals surface area contributed by atoms with E-state index in [-0.39, 0.29) is 41.2 Å². The Bertz CT molecular complexity index is 578. The smallest absolute Gasteiger partial charge is 0.241 e. The van der Waals surface area contributed by atoms with Gasteiger partial charge in [-0.3, -0.25) is 14.8 Å². The standard InChI is InChI=1S/C18H29N5OS.HI/c1-18(9-6-12-25-18)14-22-17(19-2)21-13-16(24)23(3)11-8-15-7-4-5-10-20-15;/h4-5,7,10H,6,8-9,11-14H2,1-3H3,(H2,19,21,22);1H. The van der Waals surface area contributed by atoms with Gasteiger partial charge >= 0.3 is 0 Å². The van der Waals surface area contributed by atoms with E-state index >= 15 is 0 Å². The maximum Gasteiger partial charge on any atom is 0.241 e. The molecule has 1 atom stereocenters. The number of hydrogen-bond donors (Lipinski definition) is 2. The Hall–Kier alpha value is -1.03. The Morgan fingerprint density at radius 1 is 1.42 bits per heavy atom. The van der Waals surface area contributed by atoms with Crippen molar-refractivity contribution in [2.24, 2.45) is 4.99 Å². The number of thioether (sulfide) groups is 1. The highest BCUT2D eigenvalue weighted by atomic mass is 127. The first kappa shape index (κ1) is 23.0. The number of guanidine groups is 1. The van der Waals surface area contributed by atoms with Crippen LogP contribution in [0.1, 0.15) is 25.5 Å². The van der Waals surface area contributed by atoms with Gasteiger partial charge in [0.2, 0.25) is 5.91 Å². The van der Waals surface area contributed by atoms with Crippen LogP contribution in [0.4, 0.5) is 0 Å². The molecule has 1 aromatic rings. The summed E-state index contributed by atoms with van der Waals surface area (Å²) in [5, 5.41) is 6.45. The van der Waals surface area contributed by atoms with Gasteiger partial charge in [0.25, 0.3) is 0 Å². The van der Waals surface area contributed by atoms with Crippen molar-refractivity contribution in [2.45, 2.75) is 30.9 Å². The molecule has 0 saturated carbocycles. The lowest BCUT2D eigenvalue weighted by molar-refractivity contribution is -0.128. The number of rotatable bonds is 7. The van der Waals surface area contributed by atoms with Crippen LogP contribution in [0.5, 0.6) is 0 Å². The van der Waals surface area contributed by atoms with Gasteiger partial charge in [0.05, 0.1) is 6.54 Å². The summed E-state index contributed by atoms with van der Waals surface area (Å²) in [6, 6.07) is 5.83. The maximum absolute atomic E-state index is 12.3. The van der Waals surface area contributed by atoms with E-state index in [4.69, 9.17) is 0 Å². The third-order valence-corrected chi connectivity index (χ3v) is 5.95. The summed E-state index contributed by atoms with van der Waals surface area (Å²) in [6.45, 7) is 4.03. The van der Waals surface area contributed by atoms with Crippen molar-refractivity contribution in [3.63, 3.8) is 0 Å². The molecule has 0 aromatic carbocycles. The number of hydrogen-bond acceptors (Lipinski definition) is 4. The molecule has 2 N–H and O–H groups in total. The van der Waals surface area contributed by atoms with Gasteiger partial charge in [-0.2, -0.15) is 11.8 Å². The first-order chi connectivity index (χ1) is 12.0. The van der Waals surface area contributed by atoms with Gasteiger partial charge in [-0.05, 0) is 37.7 Å². The van der Waals surface area contributed by atoms with E-state index in [1.54, 1.807) is 18.1 Å². The molecule has 8 heteroatoms. The van der Waals surface area contributed by atoms with Gasteiger partial charge in [0, 0.05) is 50.2 Å². The first-order valence-corrected chi connectivity index (χ1v) is 9.73. The molecule has 6 nitrogen and oxygen atoms in total. The molecule has 1 fully saturated rings. The lowest BCUT2D eigenvalue weighted by atomic mass is 10.1. The molecule has 26 heavy (non-hydrogen) atoms. The fraction of sp³-hybridized carbons (Fsp3) is 0.611. The van der Waals surface area contributed by atoms with E-state index in [1.165, 1.54) is 18.6 Å². The lowest BCUT2D eigenvalue weighted by Crippen LogP contribution is -2.47. The molecule has 146 valence electrons. The quantitative estimate of drug-likeness (QED) is 0.348. The fourth-order valence-electron chi connectivity index (χ4n) is 2.71. The third-order valence-electron chi connectivity index (χ3n) is 4.42. The lowest BCUT2D eigenvalue weighted by Gasteiger charge is -2.24. The minimum atomic E-state index is 0. The zero-order valence-corrected chi connectivity index (χ0v) is 19.0. The molecule has 0 aliphatic carbocycles. The minimum Gasteiger partial charge on any atom is -0.355 e. The Morgan fingerprint density at radius 3 is 2.85 bits per heavy atom. The Morgan fingerprint density at radius 2 is 2.23 bits per heavy atom. The second kappa shape index (κ2) is 11.6. The molecular weight excluding hydrogens is 461 g/mol. The molecular formula is C18H30IN5OS. The van der Waals surface area contributed by atoms with Crippen LogP contribution in [0, 0.1) is 0 Å². The normalized spacial score (nSPS) is 19.6. The summed E-state index contributed by atoms with van der Waals surface area (Å²) in [4.78, 5) is 22.5. The second-order valence-electron chi connectivity index (χ2n) is 6.57. The molecule has 1 unspecified atom stereocenters. The van der Waals surface area contributed by atoms with Crippen molar-refractivity contribution in [1.29, 1.82) is 0 Å². The number of pyridine rings is 1. The molecule has 2 heterocycles. The number of halogens is 1. The molecule has 0 radical (unpaired) electrons. The molecule has 2 rings (SSSR count). The van der Waals surface area contributed by atoms with E-state index in [1.807, 2.05) is 37.0 Å². The van der Waals surface area contributed by atoms with E-state index in [9.17, 15) is 4.79 Å². The van der Waals surface area contributed by atoms with Gasteiger partial charge in [0.15, 0.2) is 5.96 Å². The van der Waals surface area contributed by atoms with E-state index in [0.29, 0.717) is 12.5 Å². The van der Waals surface area contributed by atoms with Crippen LogP contribution in [0.25, 0.3) is 0 Å². The van der Waals surface area contributed by atoms with Crippen LogP contribution < -0.4 is 10.6 Å². The van der Waals surface area contributed by atoms with Crippen LogP contribution in [0.3, 0.4) is 0 Å². The van der Waals surface area contributed by atoms with E-state index in [2.05, 4.69) is 27.5 Å². The van der Waals surface area contributed by atoms with Gasteiger partial charge in [0.1, 0.15) is 0 Å². The van der Waals surface area contributed by atoms with E-state index < -0.39 is 0 Å². The van der Waals surface area contributed by atoms with Crippen molar-refractivity contribution in [1.82, 2.24) is 20.5 Å². The van der Waals surface area contributed by atoms with Crippen LogP contribution in [-0.2, 0) is 11.2 Å². The number of likely N-dealkylation sites (N-methyl/N-ethyl adjacent to an activating group) is 1. The Labute approximate surface area is 178 Å². The van der Waals surface area contributed by atoms with Gasteiger partial charge in [-0.1, -0.05) is 6.07 Å². The monoisotopic (exact) mass is 491 g/mol. The minimum absolute atomic E-state index is 0. The average molecular weight is 491 g/mol. The van der Waals surface area contributed by atoms with Crippen LogP contribution in [0.15, 0.2) is 29.4 Å². The molecule has 0 bridgehead atoms. The molecule has 1 aliphatic rings. The number of aliphatic imine (C=N–C) groups is 1. The molecule has 1 amide bonds. The highest BCUT2D eigenvalue weighted by molar-refractivity contribution is 14.0. The van der Waals surface area contributed by atoms with Gasteiger partial charge < -0.3 is 15.5 Å². The molecule has 1 aromatic heterocycles. The largest absolute Gasteiger partial charge is 0.355 e. The summed E-state index contributed by atoms with van der Waals surface area (Å²) >= 11 is 2.00. The van der Waals surface area contributed by atoms with Gasteiger partial charge in [-0.25, -0.2) is 0 Å². The van der Waals surface area contributed by atoms with Crippen LogP contribution in [0.2, 0.25) is 0 Å². The summed E-state index contributed by atoms with van der Waals surface area (Å²) in [6.07, 6.45) is 5.02. The zero-order chi connectivity index (χ0) is 18.1. The number of nitrogens with one attached hydrogen (secondary N) is 2. The van der Waals surface area contributed by atoms with Crippen molar-refractivity contribution in [3.8, 4) is 0 Å². The van der Waals surface area contributed by atoms with Crippen molar-refractivity contribution in [3.05, 3.63) is 30.1 Å². The predicted octanol–water partition coefficient (Wildman–Crippen LogP) is 2.15. The fourth-order valence-corrected chi connectivity index (χ4v) is 3.96. The van der Waals surface area contributed by atoms with Crippen molar-refractivity contribution >= 4 is 47.6 Å². The van der Waals surface area contributed by atoms with Crippen LogP contribution >= 0.6 is 35.7 Å². The zero-order valence-electron chi connectivity index (χ0n) is 15.8. The summed E-state index contributed by atoms with van der Waals surface area (Å²) in [7, 11) is 3.55. The number of aromatic nitrogens is 1. The highest BCUT2D eigenvalue weighted by Gasteiger charge is 2.29. The van der Waals surface area contributed by atoms with E-state index in [0.717, 1.165) is 18.7 Å². The van der Waals surface area contributed by atoms with Crippen molar-refractivity contribution in [2.75, 3.05) is 39.5 Å². The predicted molar refractivity (Wildman–Crippen MR) is 120 cm³/mol. The summed E-state index contributed by atoms with van der Waals surface area (Å²) in [5.74, 6) is 1.95. The highest BCUT2D eigenvalue weighted by Crippen LogP contribution is 2.36. The number of carbonyl (C=O) groups is 1. The third kappa shape index (κ3) is 7.69. The maximum atomic E-state index is 12.3. The topological polar surface area (TPSA) is 69.6 Å². The number of amides is 1. The van der Waals surface area contributed by atoms with Crippen LogP contribution in [-0.4, -0.2) is 66.0 Å². The number of carbonyl (C=O) groups excluding carboxylic acids is 1. The SMILES string of the molecule is CN=C(NCC(=O)N(C)CCc1ccccn1)NCC1(C)CCCS1.I. The number of nitrogens with zero attached hydrogens (tertiary/aromatic N) is 3. The van der Waals surface area contributed by atoms with Gasteiger partial charge in [-0.15, -0.1) is 24.0 Å². The average Bonchev–Trinajstić information content (AvgIpc) is 3.07. The summed E-state index contributed by atoms with van der Waals surface area (Å²) < 4.78 is 0.265. The Kier molecular flexibility index (Phi) is 10.3. The second-order valence-corrected chi connectivity index (χ2v) is 8.25. The summed E-state index contributed by atoms with van der Waals surface area (Å²) in [5.41, 5.74) is 0.995. The first-order valence-electron chi connectivity index (χ1n) is 8.75. The molecule has 1 aliphatic heterocycles.